The summed E-state index contributed by atoms with van der Waals surface area (Å²) in [5.74, 6) is 0.288. The first-order valence-electron chi connectivity index (χ1n) is 5.68. The maximum atomic E-state index is 8.39. The van der Waals surface area contributed by atoms with Crippen molar-refractivity contribution in [3.63, 3.8) is 0 Å². The second-order valence-electron chi connectivity index (χ2n) is 3.69. The van der Waals surface area contributed by atoms with E-state index in [9.17, 15) is 0 Å². The average Bonchev–Trinajstić information content (AvgIpc) is 3.11. The van der Waals surface area contributed by atoms with Gasteiger partial charge in [-0.3, -0.25) is 0 Å². The van der Waals surface area contributed by atoms with E-state index in [-0.39, 0.29) is 11.9 Å². The van der Waals surface area contributed by atoms with Crippen molar-refractivity contribution < 1.29 is 4.74 Å². The largest absolute Gasteiger partial charge is 0.381 e. The van der Waals surface area contributed by atoms with E-state index in [4.69, 9.17) is 15.8 Å². The van der Waals surface area contributed by atoms with Gasteiger partial charge in [0.1, 0.15) is 0 Å². The fourth-order valence-corrected chi connectivity index (χ4v) is 1.61. The number of nitrogens with zero attached hydrogens (tertiary/aromatic N) is 8. The van der Waals surface area contributed by atoms with Crippen molar-refractivity contribution in [1.29, 1.82) is 0 Å². The van der Waals surface area contributed by atoms with Gasteiger partial charge in [0.15, 0.2) is 11.9 Å². The summed E-state index contributed by atoms with van der Waals surface area (Å²) in [7, 11) is 1.56. The zero-order valence-electron chi connectivity index (χ0n) is 10.9. The number of azide groups is 2. The number of ether oxygens (including phenoxy) is 1. The minimum absolute atomic E-state index is 0.144. The summed E-state index contributed by atoms with van der Waals surface area (Å²) >= 11 is 0. The third-order valence-corrected chi connectivity index (χ3v) is 2.44. The third-order valence-electron chi connectivity index (χ3n) is 2.44. The highest BCUT2D eigenvalue weighted by molar-refractivity contribution is 5.76. The molecule has 0 aliphatic carbocycles. The second kappa shape index (κ2) is 6.78. The van der Waals surface area contributed by atoms with Gasteiger partial charge in [-0.2, -0.15) is 0 Å². The lowest BCUT2D eigenvalue weighted by Crippen LogP contribution is -1.92. The van der Waals surface area contributed by atoms with Crippen molar-refractivity contribution in [3.8, 4) is 0 Å². The molecule has 0 saturated carbocycles. The van der Waals surface area contributed by atoms with E-state index in [0.29, 0.717) is 23.6 Å². The van der Waals surface area contributed by atoms with Gasteiger partial charge in [-0.15, -0.1) is 0 Å². The second-order valence-corrected chi connectivity index (χ2v) is 3.69. The lowest BCUT2D eigenvalue weighted by Gasteiger charge is -2.02. The maximum absolute atomic E-state index is 8.39. The minimum Gasteiger partial charge on any atom is -0.381 e. The van der Waals surface area contributed by atoms with Crippen LogP contribution in [0, 0.1) is 0 Å². The Hall–Kier alpha value is -3.26. The standard InChI is InChI=1S/C10H10N10O/c1-21-3-2-6(7-4-13-9(15-7)17-19-11)8-5-14-10(16-8)18-20-12/h2,4-5H,3H2,1H3,(H,13,15)(H,14,16). The fourth-order valence-electron chi connectivity index (χ4n) is 1.61. The van der Waals surface area contributed by atoms with Crippen molar-refractivity contribution in [2.45, 2.75) is 0 Å². The van der Waals surface area contributed by atoms with Crippen LogP contribution in [-0.2, 0) is 4.74 Å². The van der Waals surface area contributed by atoms with Gasteiger partial charge in [0.2, 0.25) is 0 Å². The van der Waals surface area contributed by atoms with Gasteiger partial charge in [0.25, 0.3) is 0 Å². The molecule has 0 radical (unpaired) electrons. The smallest absolute Gasteiger partial charge is 0.194 e. The Bertz CT molecular complexity index is 685. The molecule has 0 saturated heterocycles. The van der Waals surface area contributed by atoms with Gasteiger partial charge in [0, 0.05) is 22.5 Å². The molecule has 2 rings (SSSR count). The Balaban J connectivity index is 2.41. The Morgan fingerprint density at radius 3 is 2.14 bits per heavy atom. The first-order valence-corrected chi connectivity index (χ1v) is 5.68. The summed E-state index contributed by atoms with van der Waals surface area (Å²) in [6.45, 7) is 0.348. The van der Waals surface area contributed by atoms with Crippen molar-refractivity contribution in [1.82, 2.24) is 19.9 Å². The molecule has 0 bridgehead atoms. The van der Waals surface area contributed by atoms with Crippen molar-refractivity contribution in [2.75, 3.05) is 13.7 Å². The summed E-state index contributed by atoms with van der Waals surface area (Å²) in [6.07, 6.45) is 4.81. The number of hydrogen-bond donors (Lipinski definition) is 2. The van der Waals surface area contributed by atoms with Crippen LogP contribution < -0.4 is 0 Å². The van der Waals surface area contributed by atoms with Crippen molar-refractivity contribution in [2.24, 2.45) is 10.2 Å². The van der Waals surface area contributed by atoms with Crippen LogP contribution in [0.15, 0.2) is 28.7 Å². The molecule has 2 N–H and O–H groups in total. The van der Waals surface area contributed by atoms with Crippen LogP contribution in [0.4, 0.5) is 11.9 Å². The Kier molecular flexibility index (Phi) is 4.57. The number of aromatic amines is 2. The monoisotopic (exact) mass is 286 g/mol. The molecule has 106 valence electrons. The van der Waals surface area contributed by atoms with Crippen LogP contribution in [0.1, 0.15) is 11.4 Å². The van der Waals surface area contributed by atoms with E-state index in [1.54, 1.807) is 13.2 Å². The van der Waals surface area contributed by atoms with Gasteiger partial charge >= 0.3 is 0 Å². The van der Waals surface area contributed by atoms with Gasteiger partial charge in [-0.25, -0.2) is 9.97 Å². The molecule has 21 heavy (non-hydrogen) atoms. The Morgan fingerprint density at radius 1 is 1.19 bits per heavy atom. The zero-order chi connectivity index (χ0) is 15.1. The van der Waals surface area contributed by atoms with Gasteiger partial charge in [0.05, 0.1) is 30.4 Å². The average molecular weight is 286 g/mol. The third kappa shape index (κ3) is 3.39. The highest BCUT2D eigenvalue weighted by atomic mass is 16.5. The molecule has 0 spiro atoms. The molecule has 0 aromatic carbocycles. The normalized spacial score (nSPS) is 9.57. The lowest BCUT2D eigenvalue weighted by atomic mass is 10.1. The minimum atomic E-state index is 0.144. The van der Waals surface area contributed by atoms with Crippen LogP contribution in [0.25, 0.3) is 26.5 Å². The SMILES string of the molecule is COCC=C(c1cnc(N=[N+]=[N-])[nH]1)c1cnc(N=[N+]=[N-])[nH]1. The summed E-state index contributed by atoms with van der Waals surface area (Å²) in [5, 5.41) is 6.76. The number of aromatic nitrogens is 4. The number of rotatable bonds is 6. The Labute approximate surface area is 117 Å². The highest BCUT2D eigenvalue weighted by Crippen LogP contribution is 2.23. The number of hydrogen-bond acceptors (Lipinski definition) is 5. The number of nitrogens with one attached hydrogen (secondary N) is 2. The first-order chi connectivity index (χ1) is 10.3. The summed E-state index contributed by atoms with van der Waals surface area (Å²) < 4.78 is 5.02. The summed E-state index contributed by atoms with van der Waals surface area (Å²) in [6, 6.07) is 0. The molecule has 0 amide bonds. The quantitative estimate of drug-likeness (QED) is 0.474. The first kappa shape index (κ1) is 14.2. The molecule has 11 nitrogen and oxygen atoms in total. The molecule has 0 atom stereocenters. The summed E-state index contributed by atoms with van der Waals surface area (Å²) in [4.78, 5) is 18.9. The topological polar surface area (TPSA) is 164 Å². The highest BCUT2D eigenvalue weighted by Gasteiger charge is 2.11. The summed E-state index contributed by atoms with van der Waals surface area (Å²) in [5.41, 5.74) is 18.7. The van der Waals surface area contributed by atoms with Crippen LogP contribution in [0.2, 0.25) is 0 Å². The van der Waals surface area contributed by atoms with E-state index < -0.39 is 0 Å². The number of methoxy groups -OCH3 is 1. The van der Waals surface area contributed by atoms with Crippen LogP contribution >= 0.6 is 0 Å². The predicted octanol–water partition coefficient (Wildman–Crippen LogP) is 3.09. The van der Waals surface area contributed by atoms with E-state index in [1.165, 1.54) is 12.4 Å². The molecule has 0 unspecified atom stereocenters. The number of H-pyrrole nitrogens is 2. The maximum Gasteiger partial charge on any atom is 0.194 e. The van der Waals surface area contributed by atoms with Gasteiger partial charge in [-0.1, -0.05) is 0 Å². The number of imidazole rings is 2. The molecule has 0 fully saturated rings. The molecule has 11 heteroatoms. The molecular weight excluding hydrogens is 276 g/mol. The van der Waals surface area contributed by atoms with Crippen LogP contribution in [-0.4, -0.2) is 33.7 Å². The van der Waals surface area contributed by atoms with E-state index in [1.807, 2.05) is 0 Å². The van der Waals surface area contributed by atoms with Gasteiger partial charge < -0.3 is 14.7 Å². The zero-order valence-corrected chi connectivity index (χ0v) is 10.9. The molecule has 2 heterocycles. The van der Waals surface area contributed by atoms with Gasteiger partial charge in [-0.05, 0) is 27.4 Å². The molecule has 0 aliphatic rings. The fraction of sp³-hybridized carbons (Fsp3) is 0.200. The van der Waals surface area contributed by atoms with Crippen molar-refractivity contribution >= 4 is 17.5 Å². The Morgan fingerprint density at radius 2 is 1.71 bits per heavy atom. The van der Waals surface area contributed by atoms with E-state index in [0.717, 1.165) is 0 Å². The molecule has 2 aromatic rings. The molecule has 0 aliphatic heterocycles. The molecular formula is C10H10N10O. The van der Waals surface area contributed by atoms with Crippen LogP contribution in [0.5, 0.6) is 0 Å². The van der Waals surface area contributed by atoms with E-state index in [2.05, 4.69) is 40.0 Å². The predicted molar refractivity (Wildman–Crippen MR) is 73.7 cm³/mol. The van der Waals surface area contributed by atoms with Crippen molar-refractivity contribution in [3.05, 3.63) is 50.7 Å². The van der Waals surface area contributed by atoms with E-state index >= 15 is 0 Å². The lowest BCUT2D eigenvalue weighted by molar-refractivity contribution is 0.234. The molecule has 2 aromatic heterocycles. The van der Waals surface area contributed by atoms with Crippen LogP contribution in [0.3, 0.4) is 0 Å².